The van der Waals surface area contributed by atoms with E-state index in [2.05, 4.69) is 11.1 Å². The van der Waals surface area contributed by atoms with Crippen molar-refractivity contribution >= 4 is 39.5 Å². The molecular formula is C18H17FN2OS2. The smallest absolute Gasteiger partial charge is 0.233 e. The Morgan fingerprint density at radius 1 is 1.25 bits per heavy atom. The summed E-state index contributed by atoms with van der Waals surface area (Å²) in [6, 6.07) is 14.3. The van der Waals surface area contributed by atoms with E-state index >= 15 is 0 Å². The van der Waals surface area contributed by atoms with E-state index in [1.54, 1.807) is 35.8 Å². The summed E-state index contributed by atoms with van der Waals surface area (Å²) in [6.07, 6.45) is 0. The van der Waals surface area contributed by atoms with Crippen LogP contribution in [0.3, 0.4) is 0 Å². The van der Waals surface area contributed by atoms with Crippen LogP contribution in [0.4, 0.5) is 10.1 Å². The first kappa shape index (κ1) is 17.0. The molecular weight excluding hydrogens is 343 g/mol. The highest BCUT2D eigenvalue weighted by molar-refractivity contribution is 8.38. The molecule has 0 atom stereocenters. The molecule has 1 aliphatic heterocycles. The van der Waals surface area contributed by atoms with Crippen molar-refractivity contribution in [3.05, 3.63) is 65.5 Å². The van der Waals surface area contributed by atoms with Gasteiger partial charge >= 0.3 is 0 Å². The normalized spacial score (nSPS) is 13.2. The Labute approximate surface area is 149 Å². The van der Waals surface area contributed by atoms with Gasteiger partial charge in [-0.1, -0.05) is 53.9 Å². The first-order valence-corrected chi connectivity index (χ1v) is 9.49. The third kappa shape index (κ3) is 4.39. The summed E-state index contributed by atoms with van der Waals surface area (Å²) in [4.78, 5) is 18.5. The van der Waals surface area contributed by atoms with E-state index in [-0.39, 0.29) is 11.7 Å². The summed E-state index contributed by atoms with van der Waals surface area (Å²) in [5.74, 6) is 1.01. The number of halogens is 1. The lowest BCUT2D eigenvalue weighted by molar-refractivity contribution is -0.127. The van der Waals surface area contributed by atoms with Gasteiger partial charge in [-0.05, 0) is 29.3 Å². The number of rotatable bonds is 4. The maximum absolute atomic E-state index is 12.9. The topological polar surface area (TPSA) is 32.7 Å². The molecule has 0 aromatic heterocycles. The van der Waals surface area contributed by atoms with Crippen LogP contribution in [0.25, 0.3) is 0 Å². The van der Waals surface area contributed by atoms with Crippen LogP contribution in [0.2, 0.25) is 0 Å². The first-order valence-electron chi connectivity index (χ1n) is 7.52. The SMILES string of the molecule is CN(Cc1ccc(F)cc1)C(=O)CSC1=Nc2ccccc2CS1. The first-order chi connectivity index (χ1) is 11.6. The molecule has 0 N–H and O–H groups in total. The summed E-state index contributed by atoms with van der Waals surface area (Å²) in [6.45, 7) is 0.474. The average molecular weight is 360 g/mol. The number of carbonyl (C=O) groups is 1. The van der Waals surface area contributed by atoms with Crippen LogP contribution in [-0.2, 0) is 17.1 Å². The van der Waals surface area contributed by atoms with E-state index in [0.717, 1.165) is 21.4 Å². The fraction of sp³-hybridized carbons (Fsp3) is 0.222. The standard InChI is InChI=1S/C18H17FN2OS2/c1-21(10-13-6-8-15(19)9-7-13)17(22)12-24-18-20-16-5-3-2-4-14(16)11-23-18/h2-9H,10-12H2,1H3. The van der Waals surface area contributed by atoms with Gasteiger partial charge in [-0.15, -0.1) is 0 Å². The summed E-state index contributed by atoms with van der Waals surface area (Å²) >= 11 is 3.14. The zero-order chi connectivity index (χ0) is 16.9. The van der Waals surface area contributed by atoms with Gasteiger partial charge in [-0.25, -0.2) is 9.38 Å². The van der Waals surface area contributed by atoms with E-state index in [4.69, 9.17) is 0 Å². The summed E-state index contributed by atoms with van der Waals surface area (Å²) in [7, 11) is 1.76. The molecule has 0 radical (unpaired) electrons. The largest absolute Gasteiger partial charge is 0.341 e. The zero-order valence-electron chi connectivity index (χ0n) is 13.2. The summed E-state index contributed by atoms with van der Waals surface area (Å²) in [5.41, 5.74) is 3.13. The van der Waals surface area contributed by atoms with Gasteiger partial charge in [0.25, 0.3) is 0 Å². The Bertz CT molecular complexity index is 762. The number of hydrogen-bond acceptors (Lipinski definition) is 4. The van der Waals surface area contributed by atoms with Crippen LogP contribution in [-0.4, -0.2) is 28.0 Å². The van der Waals surface area contributed by atoms with Crippen LogP contribution < -0.4 is 0 Å². The Hall–Kier alpha value is -1.79. The van der Waals surface area contributed by atoms with Crippen molar-refractivity contribution in [1.29, 1.82) is 0 Å². The van der Waals surface area contributed by atoms with Crippen molar-refractivity contribution in [2.24, 2.45) is 4.99 Å². The molecule has 3 rings (SSSR count). The maximum Gasteiger partial charge on any atom is 0.233 e. The number of thioether (sulfide) groups is 2. The van der Waals surface area contributed by atoms with Crippen LogP contribution in [0.15, 0.2) is 53.5 Å². The zero-order valence-corrected chi connectivity index (χ0v) is 14.9. The molecule has 0 unspecified atom stereocenters. The van der Waals surface area contributed by atoms with Crippen molar-refractivity contribution in [2.75, 3.05) is 12.8 Å². The highest BCUT2D eigenvalue weighted by Crippen LogP contribution is 2.34. The fourth-order valence-corrected chi connectivity index (χ4v) is 4.27. The predicted molar refractivity (Wildman–Crippen MR) is 100 cm³/mol. The van der Waals surface area contributed by atoms with Crippen molar-refractivity contribution in [1.82, 2.24) is 4.90 Å². The van der Waals surface area contributed by atoms with Crippen molar-refractivity contribution < 1.29 is 9.18 Å². The van der Waals surface area contributed by atoms with Crippen LogP contribution in [0, 0.1) is 5.82 Å². The van der Waals surface area contributed by atoms with Gasteiger partial charge in [-0.3, -0.25) is 4.79 Å². The molecule has 1 amide bonds. The van der Waals surface area contributed by atoms with E-state index < -0.39 is 0 Å². The number of benzene rings is 2. The lowest BCUT2D eigenvalue weighted by Crippen LogP contribution is -2.28. The number of amides is 1. The second kappa shape index (κ2) is 7.85. The van der Waals surface area contributed by atoms with Crippen LogP contribution in [0.1, 0.15) is 11.1 Å². The van der Waals surface area contributed by atoms with E-state index in [1.165, 1.54) is 29.5 Å². The monoisotopic (exact) mass is 360 g/mol. The quantitative estimate of drug-likeness (QED) is 0.807. The molecule has 0 spiro atoms. The molecule has 6 heteroatoms. The lowest BCUT2D eigenvalue weighted by atomic mass is 10.2. The molecule has 124 valence electrons. The third-order valence-corrected chi connectivity index (χ3v) is 5.86. The third-order valence-electron chi connectivity index (χ3n) is 3.63. The second-order valence-corrected chi connectivity index (χ2v) is 7.65. The van der Waals surface area contributed by atoms with E-state index in [0.29, 0.717) is 12.3 Å². The Morgan fingerprint density at radius 2 is 2.00 bits per heavy atom. The minimum Gasteiger partial charge on any atom is -0.341 e. The van der Waals surface area contributed by atoms with Gasteiger partial charge in [0.05, 0.1) is 11.4 Å². The maximum atomic E-state index is 12.9. The molecule has 0 aliphatic carbocycles. The highest BCUT2D eigenvalue weighted by atomic mass is 32.2. The number of carbonyl (C=O) groups excluding carboxylic acids is 1. The van der Waals surface area contributed by atoms with E-state index in [9.17, 15) is 9.18 Å². The molecule has 0 saturated heterocycles. The minimum atomic E-state index is -0.268. The number of aliphatic imine (C=N–C) groups is 1. The molecule has 2 aromatic carbocycles. The van der Waals surface area contributed by atoms with Gasteiger partial charge in [0, 0.05) is 19.3 Å². The number of para-hydroxylation sites is 1. The Morgan fingerprint density at radius 3 is 2.79 bits per heavy atom. The summed E-state index contributed by atoms with van der Waals surface area (Å²) < 4.78 is 13.8. The van der Waals surface area contributed by atoms with Gasteiger partial charge < -0.3 is 4.90 Å². The number of nitrogens with zero attached hydrogens (tertiary/aromatic N) is 2. The summed E-state index contributed by atoms with van der Waals surface area (Å²) in [5, 5.41) is 0. The van der Waals surface area contributed by atoms with Gasteiger partial charge in [0.1, 0.15) is 10.2 Å². The minimum absolute atomic E-state index is 0.0338. The molecule has 2 aromatic rings. The van der Waals surface area contributed by atoms with Gasteiger partial charge in [0.2, 0.25) is 5.91 Å². The molecule has 0 bridgehead atoms. The van der Waals surface area contributed by atoms with Crippen LogP contribution in [0.5, 0.6) is 0 Å². The van der Waals surface area contributed by atoms with Gasteiger partial charge in [-0.2, -0.15) is 0 Å². The Kier molecular flexibility index (Phi) is 5.58. The molecule has 1 heterocycles. The Balaban J connectivity index is 1.54. The molecule has 0 saturated carbocycles. The predicted octanol–water partition coefficient (Wildman–Crippen LogP) is 4.45. The molecule has 1 aliphatic rings. The van der Waals surface area contributed by atoms with Gasteiger partial charge in [0.15, 0.2) is 0 Å². The number of hydrogen-bond donors (Lipinski definition) is 0. The molecule has 0 fully saturated rings. The van der Waals surface area contributed by atoms with Crippen molar-refractivity contribution in [3.8, 4) is 0 Å². The van der Waals surface area contributed by atoms with Crippen molar-refractivity contribution in [2.45, 2.75) is 12.3 Å². The van der Waals surface area contributed by atoms with Crippen LogP contribution >= 0.6 is 23.5 Å². The fourth-order valence-electron chi connectivity index (χ4n) is 2.27. The lowest BCUT2D eigenvalue weighted by Gasteiger charge is -2.18. The number of fused-ring (bicyclic) bond motifs is 1. The van der Waals surface area contributed by atoms with E-state index in [1.807, 2.05) is 18.2 Å². The second-order valence-electron chi connectivity index (χ2n) is 5.46. The molecule has 24 heavy (non-hydrogen) atoms. The highest BCUT2D eigenvalue weighted by Gasteiger charge is 2.16. The average Bonchev–Trinajstić information content (AvgIpc) is 2.61. The van der Waals surface area contributed by atoms with Crippen molar-refractivity contribution in [3.63, 3.8) is 0 Å². The molecule has 3 nitrogen and oxygen atoms in total.